The van der Waals surface area contributed by atoms with Crippen molar-refractivity contribution in [3.8, 4) is 5.75 Å². The topological polar surface area (TPSA) is 55.4 Å². The zero-order valence-electron chi connectivity index (χ0n) is 12.4. The number of hydrogen-bond acceptors (Lipinski definition) is 3. The molecule has 0 radical (unpaired) electrons. The molecule has 0 aliphatic carbocycles. The van der Waals surface area contributed by atoms with Crippen LogP contribution in [0.2, 0.25) is 5.02 Å². The molecule has 0 amide bonds. The predicted molar refractivity (Wildman–Crippen MR) is 83.3 cm³/mol. The molecule has 1 aromatic carbocycles. The molecule has 0 aliphatic heterocycles. The highest BCUT2D eigenvalue weighted by molar-refractivity contribution is 7.89. The monoisotopic (exact) mass is 319 g/mol. The van der Waals surface area contributed by atoms with Crippen molar-refractivity contribution in [3.05, 3.63) is 27.8 Å². The third-order valence-electron chi connectivity index (χ3n) is 3.16. The first-order valence-corrected chi connectivity index (χ1v) is 8.65. The quantitative estimate of drug-likeness (QED) is 0.840. The number of rotatable bonds is 7. The van der Waals surface area contributed by atoms with Gasteiger partial charge in [0.25, 0.3) is 0 Å². The maximum Gasteiger partial charge on any atom is 0.211 e. The summed E-state index contributed by atoms with van der Waals surface area (Å²) >= 11 is 6.24. The van der Waals surface area contributed by atoms with E-state index in [9.17, 15) is 8.42 Å². The molecule has 0 bridgehead atoms. The average Bonchev–Trinajstić information content (AvgIpc) is 2.38. The van der Waals surface area contributed by atoms with Crippen molar-refractivity contribution >= 4 is 21.6 Å². The molecule has 0 spiro atoms. The Balaban J connectivity index is 2.86. The highest BCUT2D eigenvalue weighted by Crippen LogP contribution is 2.31. The Kier molecular flexibility index (Phi) is 6.30. The molecule has 0 saturated carbocycles. The van der Waals surface area contributed by atoms with Crippen molar-refractivity contribution in [1.82, 2.24) is 4.72 Å². The van der Waals surface area contributed by atoms with Gasteiger partial charge in [0.1, 0.15) is 5.75 Å². The Labute approximate surface area is 126 Å². The van der Waals surface area contributed by atoms with Gasteiger partial charge >= 0.3 is 0 Å². The summed E-state index contributed by atoms with van der Waals surface area (Å²) in [7, 11) is -1.57. The zero-order valence-corrected chi connectivity index (χ0v) is 14.0. The molecule has 4 nitrogen and oxygen atoms in total. The molecule has 0 aliphatic rings. The molecule has 114 valence electrons. The summed E-state index contributed by atoms with van der Waals surface area (Å²) in [6.45, 7) is 6.03. The average molecular weight is 320 g/mol. The largest absolute Gasteiger partial charge is 0.496 e. The molecular formula is C14H22ClNO3S. The van der Waals surface area contributed by atoms with E-state index in [4.69, 9.17) is 16.3 Å². The van der Waals surface area contributed by atoms with E-state index in [2.05, 4.69) is 4.72 Å². The molecule has 1 aromatic rings. The Morgan fingerprint density at radius 2 is 2.00 bits per heavy atom. The highest BCUT2D eigenvalue weighted by Gasteiger charge is 2.14. The molecule has 0 heterocycles. The van der Waals surface area contributed by atoms with Crippen LogP contribution in [0.4, 0.5) is 0 Å². The molecule has 0 fully saturated rings. The Hall–Kier alpha value is -0.780. The lowest BCUT2D eigenvalue weighted by molar-refractivity contribution is 0.408. The summed E-state index contributed by atoms with van der Waals surface area (Å²) in [4.78, 5) is 0. The van der Waals surface area contributed by atoms with Gasteiger partial charge in [-0.3, -0.25) is 0 Å². The van der Waals surface area contributed by atoms with Crippen LogP contribution in [0.3, 0.4) is 0 Å². The van der Waals surface area contributed by atoms with Gasteiger partial charge in [-0.15, -0.1) is 0 Å². The van der Waals surface area contributed by atoms with Crippen LogP contribution in [0.25, 0.3) is 0 Å². The van der Waals surface area contributed by atoms with Crippen LogP contribution >= 0.6 is 11.6 Å². The highest BCUT2D eigenvalue weighted by atomic mass is 35.5. The van der Waals surface area contributed by atoms with Crippen molar-refractivity contribution in [3.63, 3.8) is 0 Å². The number of nitrogens with one attached hydrogen (secondary N) is 1. The van der Waals surface area contributed by atoms with E-state index in [1.54, 1.807) is 7.11 Å². The van der Waals surface area contributed by atoms with Crippen LogP contribution in [0.15, 0.2) is 6.07 Å². The molecule has 1 rings (SSSR count). The lowest BCUT2D eigenvalue weighted by Gasteiger charge is -2.15. The second-order valence-corrected chi connectivity index (χ2v) is 7.08. The first kappa shape index (κ1) is 17.3. The van der Waals surface area contributed by atoms with Gasteiger partial charge in [0.05, 0.1) is 12.9 Å². The first-order valence-electron chi connectivity index (χ1n) is 6.62. The molecule has 0 atom stereocenters. The van der Waals surface area contributed by atoms with E-state index in [0.29, 0.717) is 24.4 Å². The van der Waals surface area contributed by atoms with Crippen molar-refractivity contribution in [2.45, 2.75) is 33.6 Å². The molecule has 0 aromatic heterocycles. The van der Waals surface area contributed by atoms with Gasteiger partial charge in [-0.2, -0.15) is 0 Å². The molecule has 20 heavy (non-hydrogen) atoms. The van der Waals surface area contributed by atoms with Crippen LogP contribution in [-0.4, -0.2) is 27.8 Å². The minimum absolute atomic E-state index is 0.151. The number of ether oxygens (including phenoxy) is 1. The van der Waals surface area contributed by atoms with Crippen molar-refractivity contribution < 1.29 is 13.2 Å². The van der Waals surface area contributed by atoms with E-state index in [1.807, 2.05) is 26.8 Å². The van der Waals surface area contributed by atoms with Crippen molar-refractivity contribution in [1.29, 1.82) is 0 Å². The van der Waals surface area contributed by atoms with E-state index in [-0.39, 0.29) is 5.75 Å². The van der Waals surface area contributed by atoms with Crippen LogP contribution in [-0.2, 0) is 16.4 Å². The van der Waals surface area contributed by atoms with Crippen molar-refractivity contribution in [2.24, 2.45) is 0 Å². The summed E-state index contributed by atoms with van der Waals surface area (Å²) in [6, 6.07) is 1.88. The second-order valence-electron chi connectivity index (χ2n) is 4.78. The smallest absolute Gasteiger partial charge is 0.211 e. The molecule has 6 heteroatoms. The lowest BCUT2D eigenvalue weighted by Crippen LogP contribution is -2.28. The van der Waals surface area contributed by atoms with Crippen molar-refractivity contribution in [2.75, 3.05) is 19.4 Å². The molecular weight excluding hydrogens is 298 g/mol. The summed E-state index contributed by atoms with van der Waals surface area (Å²) in [6.07, 6.45) is 1.16. The van der Waals surface area contributed by atoms with Crippen LogP contribution in [0, 0.1) is 13.8 Å². The molecule has 1 N–H and O–H groups in total. The van der Waals surface area contributed by atoms with E-state index >= 15 is 0 Å². The van der Waals surface area contributed by atoms with Gasteiger partial charge in [-0.25, -0.2) is 13.1 Å². The standard InChI is InChI=1S/C14H22ClNO3S/c1-5-8-20(17,18)16-7-6-12-11(3)14(15)10(2)9-13(12)19-4/h9,16H,5-8H2,1-4H3. The van der Waals surface area contributed by atoms with Crippen LogP contribution < -0.4 is 9.46 Å². The number of methoxy groups -OCH3 is 1. The SMILES string of the molecule is CCCS(=O)(=O)NCCc1c(OC)cc(C)c(Cl)c1C. The Bertz CT molecular complexity index is 570. The minimum Gasteiger partial charge on any atom is -0.496 e. The Morgan fingerprint density at radius 3 is 2.55 bits per heavy atom. The number of aryl methyl sites for hydroxylation is 1. The van der Waals surface area contributed by atoms with E-state index in [1.165, 1.54) is 0 Å². The Morgan fingerprint density at radius 1 is 1.35 bits per heavy atom. The van der Waals surface area contributed by atoms with Gasteiger partial charge in [-0.05, 0) is 49.4 Å². The summed E-state index contributed by atoms with van der Waals surface area (Å²) in [5.74, 6) is 0.900. The van der Waals surface area contributed by atoms with Gasteiger partial charge in [0.2, 0.25) is 10.0 Å². The third kappa shape index (κ3) is 4.36. The van der Waals surface area contributed by atoms with Gasteiger partial charge in [0.15, 0.2) is 0 Å². The summed E-state index contributed by atoms with van der Waals surface area (Å²) in [5, 5.41) is 0.706. The van der Waals surface area contributed by atoms with Gasteiger partial charge in [0, 0.05) is 11.6 Å². The third-order valence-corrected chi connectivity index (χ3v) is 5.33. The normalized spacial score (nSPS) is 11.7. The van der Waals surface area contributed by atoms with Crippen LogP contribution in [0.5, 0.6) is 5.75 Å². The zero-order chi connectivity index (χ0) is 15.3. The summed E-state index contributed by atoms with van der Waals surface area (Å²) in [5.41, 5.74) is 2.84. The maximum absolute atomic E-state index is 11.6. The fraction of sp³-hybridized carbons (Fsp3) is 0.571. The number of benzene rings is 1. The van der Waals surface area contributed by atoms with E-state index in [0.717, 1.165) is 22.4 Å². The fourth-order valence-electron chi connectivity index (χ4n) is 2.13. The molecule has 0 saturated heterocycles. The maximum atomic E-state index is 11.6. The molecule has 0 unspecified atom stereocenters. The van der Waals surface area contributed by atoms with Gasteiger partial charge in [-0.1, -0.05) is 18.5 Å². The first-order chi connectivity index (χ1) is 9.32. The second kappa shape index (κ2) is 7.29. The lowest BCUT2D eigenvalue weighted by atomic mass is 10.0. The number of sulfonamides is 1. The number of hydrogen-bond donors (Lipinski definition) is 1. The minimum atomic E-state index is -3.18. The number of halogens is 1. The van der Waals surface area contributed by atoms with Gasteiger partial charge < -0.3 is 4.74 Å². The fourth-order valence-corrected chi connectivity index (χ4v) is 3.39. The van der Waals surface area contributed by atoms with Crippen LogP contribution in [0.1, 0.15) is 30.0 Å². The predicted octanol–water partition coefficient (Wildman–Crippen LogP) is 2.84. The van der Waals surface area contributed by atoms with E-state index < -0.39 is 10.0 Å². The summed E-state index contributed by atoms with van der Waals surface area (Å²) < 4.78 is 31.2.